The van der Waals surface area contributed by atoms with Crippen LogP contribution in [-0.2, 0) is 0 Å². The van der Waals surface area contributed by atoms with Gasteiger partial charge >= 0.3 is 0 Å². The molecule has 0 amide bonds. The lowest BCUT2D eigenvalue weighted by Gasteiger charge is -2.37. The van der Waals surface area contributed by atoms with Gasteiger partial charge in [-0.2, -0.15) is 0 Å². The minimum atomic E-state index is -0.803. The van der Waals surface area contributed by atoms with Crippen molar-refractivity contribution in [3.05, 3.63) is 171 Å². The highest BCUT2D eigenvalue weighted by Gasteiger charge is 2.36. The minimum Gasteiger partial charge on any atom is -0.301 e. The van der Waals surface area contributed by atoms with E-state index < -0.39 is 15.8 Å². The molecule has 1 aliphatic rings. The molecule has 0 radical (unpaired) electrons. The van der Waals surface area contributed by atoms with Gasteiger partial charge in [-0.15, -0.1) is 0 Å². The summed E-state index contributed by atoms with van der Waals surface area (Å²) in [5.41, 5.74) is 12.0. The Morgan fingerprint density at radius 3 is 1.24 bits per heavy atom. The molecule has 0 fully saturated rings. The van der Waals surface area contributed by atoms with Crippen LogP contribution in [0.2, 0.25) is 0 Å². The van der Waals surface area contributed by atoms with E-state index in [0.717, 1.165) is 0 Å². The Morgan fingerprint density at radius 1 is 0.490 bits per heavy atom. The molecule has 6 rings (SSSR count). The molecular formula is C46H51NP2. The van der Waals surface area contributed by atoms with Gasteiger partial charge in [-0.1, -0.05) is 160 Å². The average molecular weight is 680 g/mol. The summed E-state index contributed by atoms with van der Waals surface area (Å²) in [4.78, 5) is 2.47. The molecule has 0 saturated carbocycles. The normalized spacial score (nSPS) is 15.0. The molecular weight excluding hydrogens is 628 g/mol. The van der Waals surface area contributed by atoms with Gasteiger partial charge in [-0.25, -0.2) is 0 Å². The predicted molar refractivity (Wildman–Crippen MR) is 219 cm³/mol. The quantitative estimate of drug-likeness (QED) is 0.140. The molecule has 0 heterocycles. The van der Waals surface area contributed by atoms with Gasteiger partial charge in [0.1, 0.15) is 0 Å². The third-order valence-electron chi connectivity index (χ3n) is 9.44. The van der Waals surface area contributed by atoms with Gasteiger partial charge < -0.3 is 4.90 Å². The lowest BCUT2D eigenvalue weighted by molar-refractivity contribution is 0.266. The van der Waals surface area contributed by atoms with Crippen molar-refractivity contribution in [1.82, 2.24) is 4.90 Å². The molecule has 0 N–H and O–H groups in total. The Morgan fingerprint density at radius 2 is 0.857 bits per heavy atom. The van der Waals surface area contributed by atoms with E-state index in [-0.39, 0.29) is 12.0 Å². The van der Waals surface area contributed by atoms with Crippen molar-refractivity contribution in [1.29, 1.82) is 0 Å². The van der Waals surface area contributed by atoms with Gasteiger partial charge in [0.15, 0.2) is 0 Å². The first-order chi connectivity index (χ1) is 23.4. The summed E-state index contributed by atoms with van der Waals surface area (Å²) in [6, 6.07) is 38.2. The van der Waals surface area contributed by atoms with E-state index >= 15 is 0 Å². The first kappa shape index (κ1) is 35.2. The van der Waals surface area contributed by atoms with Gasteiger partial charge in [0.05, 0.1) is 0 Å². The molecule has 49 heavy (non-hydrogen) atoms. The van der Waals surface area contributed by atoms with E-state index in [9.17, 15) is 0 Å². The van der Waals surface area contributed by atoms with E-state index in [1.165, 1.54) is 81.9 Å². The summed E-state index contributed by atoms with van der Waals surface area (Å²) in [6.07, 6.45) is 7.26. The van der Waals surface area contributed by atoms with Crippen molar-refractivity contribution in [3.8, 4) is 0 Å². The highest BCUT2D eigenvalue weighted by Crippen LogP contribution is 2.54. The Labute approximate surface area is 298 Å². The standard InChI is InChI=1S/C46H51NP2/c1-30-18-31(2)23-38(22-30)48(39-24-32(3)19-33(4)25-39)44-16-12-11-14-42(44)46(47(9)10)43-15-13-17-45(43)49(40-26-34(5)20-35(6)27-40)41-28-36(7)21-37(8)29-41/h11-29,43,46H,1-10H3. The number of rotatable bonds is 9. The van der Waals surface area contributed by atoms with E-state index in [2.05, 4.69) is 190 Å². The van der Waals surface area contributed by atoms with Gasteiger partial charge in [-0.3, -0.25) is 0 Å². The number of nitrogens with zero attached hydrogens (tertiary/aromatic N) is 1. The summed E-state index contributed by atoms with van der Waals surface area (Å²) in [5, 5.41) is 8.71. The lowest BCUT2D eigenvalue weighted by Crippen LogP contribution is -2.34. The third-order valence-corrected chi connectivity index (χ3v) is 14.4. The maximum absolute atomic E-state index is 2.48. The SMILES string of the molecule is Cc1cc(C)cc(P(C2=CC=CC2C(c2ccccc2P(c2cc(C)cc(C)c2)c2cc(C)cc(C)c2)N(C)C)c2cc(C)cc(C)c2)c1. The van der Waals surface area contributed by atoms with E-state index in [1.807, 2.05) is 0 Å². The largest absolute Gasteiger partial charge is 0.301 e. The van der Waals surface area contributed by atoms with Crippen LogP contribution in [0.3, 0.4) is 0 Å². The number of allylic oxidation sites excluding steroid dienone is 2. The summed E-state index contributed by atoms with van der Waals surface area (Å²) in [7, 11) is 2.99. The van der Waals surface area contributed by atoms with Gasteiger partial charge in [-0.05, 0) is 123 Å². The summed E-state index contributed by atoms with van der Waals surface area (Å²) in [5.74, 6) is 0.235. The summed E-state index contributed by atoms with van der Waals surface area (Å²) in [6.45, 7) is 17.9. The number of benzene rings is 5. The molecule has 0 aromatic heterocycles. The molecule has 5 aromatic rings. The first-order valence-corrected chi connectivity index (χ1v) is 20.1. The van der Waals surface area contributed by atoms with Crippen LogP contribution >= 0.6 is 15.8 Å². The second kappa shape index (κ2) is 14.7. The zero-order valence-electron chi connectivity index (χ0n) is 31.0. The molecule has 250 valence electrons. The van der Waals surface area contributed by atoms with Crippen molar-refractivity contribution in [2.24, 2.45) is 5.92 Å². The maximum atomic E-state index is 2.48. The Kier molecular flexibility index (Phi) is 10.6. The Bertz CT molecular complexity index is 1880. The van der Waals surface area contributed by atoms with Gasteiger partial charge in [0, 0.05) is 12.0 Å². The zero-order valence-corrected chi connectivity index (χ0v) is 32.8. The first-order valence-electron chi connectivity index (χ1n) is 17.4. The van der Waals surface area contributed by atoms with E-state index in [0.29, 0.717) is 0 Å². The molecule has 0 bridgehead atoms. The van der Waals surface area contributed by atoms with Crippen molar-refractivity contribution < 1.29 is 0 Å². The molecule has 0 aliphatic heterocycles. The van der Waals surface area contributed by atoms with E-state index in [4.69, 9.17) is 0 Å². The van der Waals surface area contributed by atoms with Crippen molar-refractivity contribution >= 4 is 42.4 Å². The second-order valence-corrected chi connectivity index (χ2v) is 18.9. The van der Waals surface area contributed by atoms with E-state index in [1.54, 1.807) is 0 Å². The molecule has 2 unspecified atom stereocenters. The topological polar surface area (TPSA) is 3.24 Å². The number of hydrogen-bond donors (Lipinski definition) is 0. The molecule has 5 aromatic carbocycles. The summed E-state index contributed by atoms with van der Waals surface area (Å²) >= 11 is 0. The van der Waals surface area contributed by atoms with Crippen LogP contribution in [0.25, 0.3) is 0 Å². The van der Waals surface area contributed by atoms with Crippen LogP contribution in [0.5, 0.6) is 0 Å². The Balaban J connectivity index is 1.55. The average Bonchev–Trinajstić information content (AvgIpc) is 3.45. The predicted octanol–water partition coefficient (Wildman–Crippen LogP) is 9.72. The van der Waals surface area contributed by atoms with Gasteiger partial charge in [0.2, 0.25) is 0 Å². The fraction of sp³-hybridized carbons (Fsp3) is 0.261. The molecule has 3 heteroatoms. The van der Waals surface area contributed by atoms with Crippen molar-refractivity contribution in [3.63, 3.8) is 0 Å². The highest BCUT2D eigenvalue weighted by molar-refractivity contribution is 7.80. The highest BCUT2D eigenvalue weighted by atomic mass is 31.1. The zero-order chi connectivity index (χ0) is 35.0. The third kappa shape index (κ3) is 7.76. The molecule has 1 aliphatic carbocycles. The molecule has 2 atom stereocenters. The van der Waals surface area contributed by atoms with Crippen LogP contribution in [-0.4, -0.2) is 19.0 Å². The van der Waals surface area contributed by atoms with Crippen LogP contribution < -0.4 is 26.5 Å². The Hall–Kier alpha value is -3.60. The molecule has 0 saturated heterocycles. The number of aryl methyl sites for hydroxylation is 8. The fourth-order valence-electron chi connectivity index (χ4n) is 7.90. The number of hydrogen-bond acceptors (Lipinski definition) is 1. The van der Waals surface area contributed by atoms with Crippen LogP contribution in [0, 0.1) is 61.3 Å². The minimum absolute atomic E-state index is 0.171. The summed E-state index contributed by atoms with van der Waals surface area (Å²) < 4.78 is 0. The van der Waals surface area contributed by atoms with Crippen LogP contribution in [0.1, 0.15) is 56.1 Å². The van der Waals surface area contributed by atoms with Crippen molar-refractivity contribution in [2.45, 2.75) is 61.4 Å². The van der Waals surface area contributed by atoms with Gasteiger partial charge in [0.25, 0.3) is 0 Å². The molecule has 1 nitrogen and oxygen atoms in total. The fourth-order valence-corrected chi connectivity index (χ4v) is 13.8. The van der Waals surface area contributed by atoms with Crippen LogP contribution in [0.15, 0.2) is 121 Å². The lowest BCUT2D eigenvalue weighted by atomic mass is 9.93. The molecule has 0 spiro atoms. The van der Waals surface area contributed by atoms with Crippen LogP contribution in [0.4, 0.5) is 0 Å². The van der Waals surface area contributed by atoms with Crippen molar-refractivity contribution in [2.75, 3.05) is 14.1 Å². The maximum Gasteiger partial charge on any atom is 0.0452 e. The second-order valence-electron chi connectivity index (χ2n) is 14.5. The smallest absolute Gasteiger partial charge is 0.0452 e. The monoisotopic (exact) mass is 679 g/mol.